The Balaban J connectivity index is 1.85. The second-order valence-electron chi connectivity index (χ2n) is 5.60. The molecule has 0 saturated carbocycles. The zero-order valence-corrected chi connectivity index (χ0v) is 16.6. The second kappa shape index (κ2) is 9.27. The first-order valence-corrected chi connectivity index (χ1v) is 9.48. The van der Waals surface area contributed by atoms with Gasteiger partial charge in [0.15, 0.2) is 11.5 Å². The van der Waals surface area contributed by atoms with E-state index in [1.54, 1.807) is 39.3 Å². The molecule has 2 aromatic carbocycles. The molecule has 1 atom stereocenters. The van der Waals surface area contributed by atoms with Gasteiger partial charge in [-0.3, -0.25) is 4.79 Å². The van der Waals surface area contributed by atoms with E-state index in [0.717, 1.165) is 17.3 Å². The fraction of sp³-hybridized carbons (Fsp3) is 0.250. The van der Waals surface area contributed by atoms with Crippen molar-refractivity contribution in [2.75, 3.05) is 20.8 Å². The van der Waals surface area contributed by atoms with E-state index >= 15 is 0 Å². The van der Waals surface area contributed by atoms with E-state index in [9.17, 15) is 4.79 Å². The zero-order chi connectivity index (χ0) is 19.9. The van der Waals surface area contributed by atoms with Crippen LogP contribution in [0.3, 0.4) is 0 Å². The summed E-state index contributed by atoms with van der Waals surface area (Å²) in [6.45, 7) is 2.07. The van der Waals surface area contributed by atoms with Gasteiger partial charge >= 0.3 is 5.97 Å². The van der Waals surface area contributed by atoms with Crippen LogP contribution in [-0.2, 0) is 9.53 Å². The number of rotatable bonds is 8. The van der Waals surface area contributed by atoms with Crippen molar-refractivity contribution < 1.29 is 23.4 Å². The maximum atomic E-state index is 12.4. The summed E-state index contributed by atoms with van der Waals surface area (Å²) in [5.74, 6) is 1.12. The zero-order valence-electron chi connectivity index (χ0n) is 15.7. The minimum Gasteiger partial charge on any atom is -0.493 e. The fourth-order valence-corrected chi connectivity index (χ4v) is 3.42. The number of carbonyl (C=O) groups excluding carboxylic acids is 1. The highest BCUT2D eigenvalue weighted by atomic mass is 32.2. The Morgan fingerprint density at radius 1 is 1.07 bits per heavy atom. The molecule has 0 aliphatic heterocycles. The third-order valence-electron chi connectivity index (χ3n) is 3.86. The number of benzene rings is 2. The highest BCUT2D eigenvalue weighted by molar-refractivity contribution is 8.00. The molecule has 0 amide bonds. The standard InChI is InChI=1S/C20H20N2O5S/c1-4-26-19(23)17(13-8-6-5-7-9-13)28-20-22-21-18(27-20)14-10-11-15(24-2)16(12-14)25-3/h5-12,17H,4H2,1-3H3/t17-/m0/s1. The van der Waals surface area contributed by atoms with Gasteiger partial charge in [-0.25, -0.2) is 0 Å². The first-order chi connectivity index (χ1) is 13.7. The molecule has 0 fully saturated rings. The molecule has 1 aromatic heterocycles. The molecule has 3 rings (SSSR count). The number of carbonyl (C=O) groups is 1. The summed E-state index contributed by atoms with van der Waals surface area (Å²) in [7, 11) is 3.12. The highest BCUT2D eigenvalue weighted by Crippen LogP contribution is 2.37. The van der Waals surface area contributed by atoms with Crippen LogP contribution in [0.15, 0.2) is 58.2 Å². The molecule has 0 N–H and O–H groups in total. The van der Waals surface area contributed by atoms with E-state index in [0.29, 0.717) is 29.6 Å². The Bertz CT molecular complexity index is 929. The molecule has 0 aliphatic rings. The van der Waals surface area contributed by atoms with Crippen LogP contribution in [-0.4, -0.2) is 37.0 Å². The highest BCUT2D eigenvalue weighted by Gasteiger charge is 2.26. The second-order valence-corrected chi connectivity index (χ2v) is 6.66. The average Bonchev–Trinajstić information content (AvgIpc) is 3.21. The summed E-state index contributed by atoms with van der Waals surface area (Å²) < 4.78 is 21.5. The van der Waals surface area contributed by atoms with Crippen molar-refractivity contribution in [3.8, 4) is 23.0 Å². The predicted molar refractivity (Wildman–Crippen MR) is 105 cm³/mol. The summed E-state index contributed by atoms with van der Waals surface area (Å²) >= 11 is 1.15. The largest absolute Gasteiger partial charge is 0.493 e. The Morgan fingerprint density at radius 3 is 2.50 bits per heavy atom. The predicted octanol–water partition coefficient (Wildman–Crippen LogP) is 4.15. The number of thioether (sulfide) groups is 1. The van der Waals surface area contributed by atoms with Gasteiger partial charge in [0.1, 0.15) is 5.25 Å². The van der Waals surface area contributed by atoms with Crippen molar-refractivity contribution in [3.63, 3.8) is 0 Å². The van der Waals surface area contributed by atoms with Gasteiger partial charge in [-0.15, -0.1) is 10.2 Å². The van der Waals surface area contributed by atoms with E-state index in [-0.39, 0.29) is 11.2 Å². The van der Waals surface area contributed by atoms with E-state index in [1.165, 1.54) is 0 Å². The van der Waals surface area contributed by atoms with Gasteiger partial charge in [0.2, 0.25) is 5.89 Å². The lowest BCUT2D eigenvalue weighted by molar-refractivity contribution is -0.142. The van der Waals surface area contributed by atoms with E-state index in [1.807, 2.05) is 30.3 Å². The molecule has 0 unspecified atom stereocenters. The average molecular weight is 400 g/mol. The van der Waals surface area contributed by atoms with Gasteiger partial charge in [0.05, 0.1) is 20.8 Å². The number of hydrogen-bond acceptors (Lipinski definition) is 8. The molecule has 0 spiro atoms. The molecule has 28 heavy (non-hydrogen) atoms. The summed E-state index contributed by atoms with van der Waals surface area (Å²) in [5, 5.41) is 7.82. The SMILES string of the molecule is CCOC(=O)[C@@H](Sc1nnc(-c2ccc(OC)c(OC)c2)o1)c1ccccc1. The number of esters is 1. The number of hydrogen-bond donors (Lipinski definition) is 0. The van der Waals surface area contributed by atoms with Crippen molar-refractivity contribution in [1.82, 2.24) is 10.2 Å². The van der Waals surface area contributed by atoms with Gasteiger partial charge in [-0.05, 0) is 42.4 Å². The van der Waals surface area contributed by atoms with E-state index in [4.69, 9.17) is 18.6 Å². The lowest BCUT2D eigenvalue weighted by Gasteiger charge is -2.13. The minimum atomic E-state index is -0.597. The van der Waals surface area contributed by atoms with Gasteiger partial charge in [0, 0.05) is 5.56 Å². The summed E-state index contributed by atoms with van der Waals surface area (Å²) in [6.07, 6.45) is 0. The van der Waals surface area contributed by atoms with Crippen LogP contribution in [0.4, 0.5) is 0 Å². The monoisotopic (exact) mass is 400 g/mol. The van der Waals surface area contributed by atoms with Crippen LogP contribution in [0.2, 0.25) is 0 Å². The van der Waals surface area contributed by atoms with Crippen LogP contribution < -0.4 is 9.47 Å². The summed E-state index contributed by atoms with van der Waals surface area (Å²) in [4.78, 5) is 12.4. The molecular weight excluding hydrogens is 380 g/mol. The van der Waals surface area contributed by atoms with E-state index < -0.39 is 5.25 Å². The quantitative estimate of drug-likeness (QED) is 0.412. The van der Waals surface area contributed by atoms with Gasteiger partial charge < -0.3 is 18.6 Å². The number of nitrogens with zero attached hydrogens (tertiary/aromatic N) is 2. The lowest BCUT2D eigenvalue weighted by atomic mass is 10.1. The molecule has 1 heterocycles. The van der Waals surface area contributed by atoms with Crippen LogP contribution >= 0.6 is 11.8 Å². The van der Waals surface area contributed by atoms with Crippen molar-refractivity contribution in [2.24, 2.45) is 0 Å². The Kier molecular flexibility index (Phi) is 6.54. The first kappa shape index (κ1) is 19.8. The third kappa shape index (κ3) is 4.45. The summed E-state index contributed by atoms with van der Waals surface area (Å²) in [5.41, 5.74) is 1.49. The molecule has 3 aromatic rings. The normalized spacial score (nSPS) is 11.7. The molecule has 7 nitrogen and oxygen atoms in total. The van der Waals surface area contributed by atoms with Gasteiger partial charge in [0.25, 0.3) is 5.22 Å². The molecule has 0 aliphatic carbocycles. The van der Waals surface area contributed by atoms with Crippen LogP contribution in [0.25, 0.3) is 11.5 Å². The van der Waals surface area contributed by atoms with Crippen molar-refractivity contribution in [2.45, 2.75) is 17.4 Å². The Labute approximate surface area is 167 Å². The molecule has 0 radical (unpaired) electrons. The topological polar surface area (TPSA) is 83.7 Å². The molecule has 0 bridgehead atoms. The third-order valence-corrected chi connectivity index (χ3v) is 4.93. The minimum absolute atomic E-state index is 0.270. The van der Waals surface area contributed by atoms with Gasteiger partial charge in [-0.2, -0.15) is 0 Å². The van der Waals surface area contributed by atoms with Crippen molar-refractivity contribution in [3.05, 3.63) is 54.1 Å². The van der Waals surface area contributed by atoms with Gasteiger partial charge in [-0.1, -0.05) is 30.3 Å². The lowest BCUT2D eigenvalue weighted by Crippen LogP contribution is -2.13. The van der Waals surface area contributed by atoms with Crippen LogP contribution in [0.1, 0.15) is 17.7 Å². The van der Waals surface area contributed by atoms with Crippen molar-refractivity contribution >= 4 is 17.7 Å². The Morgan fingerprint density at radius 2 is 1.82 bits per heavy atom. The van der Waals surface area contributed by atoms with Crippen LogP contribution in [0.5, 0.6) is 11.5 Å². The van der Waals surface area contributed by atoms with E-state index in [2.05, 4.69) is 10.2 Å². The first-order valence-electron chi connectivity index (χ1n) is 8.60. The molecule has 146 valence electrons. The molecular formula is C20H20N2O5S. The molecule has 0 saturated heterocycles. The smallest absolute Gasteiger partial charge is 0.324 e. The van der Waals surface area contributed by atoms with Crippen molar-refractivity contribution in [1.29, 1.82) is 0 Å². The fourth-order valence-electron chi connectivity index (χ4n) is 2.54. The number of methoxy groups -OCH3 is 2. The maximum absolute atomic E-state index is 12.4. The summed E-state index contributed by atoms with van der Waals surface area (Å²) in [6, 6.07) is 14.6. The Hall–Kier alpha value is -3.00. The maximum Gasteiger partial charge on any atom is 0.324 e. The number of aromatic nitrogens is 2. The number of ether oxygens (including phenoxy) is 3. The molecule has 8 heteroatoms. The van der Waals surface area contributed by atoms with Crippen LogP contribution in [0, 0.1) is 0 Å².